The van der Waals surface area contributed by atoms with Gasteiger partial charge in [0.2, 0.25) is 11.8 Å². The summed E-state index contributed by atoms with van der Waals surface area (Å²) in [5.41, 5.74) is 1.16. The van der Waals surface area contributed by atoms with Crippen molar-refractivity contribution in [1.29, 1.82) is 0 Å². The lowest BCUT2D eigenvalue weighted by atomic mass is 10.0. The number of nitrogens with zero attached hydrogens (tertiary/aromatic N) is 2. The third-order valence-electron chi connectivity index (χ3n) is 5.56. The second kappa shape index (κ2) is 8.87. The quantitative estimate of drug-likeness (QED) is 0.857. The molecule has 2 aliphatic rings. The van der Waals surface area contributed by atoms with Crippen molar-refractivity contribution >= 4 is 23.4 Å². The van der Waals surface area contributed by atoms with E-state index >= 15 is 0 Å². The molecule has 1 atom stereocenters. The van der Waals surface area contributed by atoms with Crippen LogP contribution in [0.3, 0.4) is 0 Å². The minimum atomic E-state index is 0.0948. The average molecular weight is 378 g/mol. The van der Waals surface area contributed by atoms with Gasteiger partial charge in [0.15, 0.2) is 0 Å². The van der Waals surface area contributed by atoms with Crippen molar-refractivity contribution in [3.63, 3.8) is 0 Å². The Morgan fingerprint density at radius 1 is 1.15 bits per heavy atom. The summed E-state index contributed by atoms with van der Waals surface area (Å²) in [6.07, 6.45) is 4.81. The SMILES string of the molecule is CC(=O)N1CCC(NC(=O)CN2CCC[C@H]2Cc2ccccc2Cl)CC1. The van der Waals surface area contributed by atoms with Crippen LogP contribution in [0.25, 0.3) is 0 Å². The smallest absolute Gasteiger partial charge is 0.234 e. The molecule has 0 aliphatic carbocycles. The van der Waals surface area contributed by atoms with E-state index in [0.717, 1.165) is 62.3 Å². The molecule has 2 fully saturated rings. The summed E-state index contributed by atoms with van der Waals surface area (Å²) in [4.78, 5) is 28.0. The Hall–Kier alpha value is -1.59. The molecule has 1 N–H and O–H groups in total. The number of nitrogens with one attached hydrogen (secondary N) is 1. The van der Waals surface area contributed by atoms with E-state index < -0.39 is 0 Å². The second-order valence-electron chi connectivity index (χ2n) is 7.41. The summed E-state index contributed by atoms with van der Waals surface area (Å²) >= 11 is 6.29. The third-order valence-corrected chi connectivity index (χ3v) is 5.93. The predicted octanol–water partition coefficient (Wildman–Crippen LogP) is 2.47. The van der Waals surface area contributed by atoms with E-state index in [1.165, 1.54) is 0 Å². The van der Waals surface area contributed by atoms with Crippen LogP contribution in [0.1, 0.15) is 38.2 Å². The zero-order valence-electron chi connectivity index (χ0n) is 15.4. The molecule has 2 heterocycles. The molecule has 0 saturated carbocycles. The highest BCUT2D eigenvalue weighted by Gasteiger charge is 2.28. The number of hydrogen-bond acceptors (Lipinski definition) is 3. The molecule has 0 radical (unpaired) electrons. The number of piperidine rings is 1. The van der Waals surface area contributed by atoms with Crippen LogP contribution in [0.15, 0.2) is 24.3 Å². The van der Waals surface area contributed by atoms with Gasteiger partial charge in [-0.1, -0.05) is 29.8 Å². The average Bonchev–Trinajstić information content (AvgIpc) is 3.04. The van der Waals surface area contributed by atoms with E-state index in [1.54, 1.807) is 6.92 Å². The van der Waals surface area contributed by atoms with Crippen molar-refractivity contribution < 1.29 is 9.59 Å². The number of likely N-dealkylation sites (tertiary alicyclic amines) is 2. The molecule has 142 valence electrons. The van der Waals surface area contributed by atoms with Gasteiger partial charge in [-0.2, -0.15) is 0 Å². The largest absolute Gasteiger partial charge is 0.352 e. The Labute approximate surface area is 160 Å². The van der Waals surface area contributed by atoms with Gasteiger partial charge in [0.05, 0.1) is 6.54 Å². The lowest BCUT2D eigenvalue weighted by Gasteiger charge is -2.32. The van der Waals surface area contributed by atoms with Crippen LogP contribution in [-0.2, 0) is 16.0 Å². The fourth-order valence-corrected chi connectivity index (χ4v) is 4.26. The normalized spacial score (nSPS) is 21.8. The number of halogens is 1. The lowest BCUT2D eigenvalue weighted by molar-refractivity contribution is -0.130. The maximum absolute atomic E-state index is 12.5. The number of hydrogen-bond donors (Lipinski definition) is 1. The zero-order valence-corrected chi connectivity index (χ0v) is 16.2. The van der Waals surface area contributed by atoms with Gasteiger partial charge in [-0.25, -0.2) is 0 Å². The van der Waals surface area contributed by atoms with Crippen molar-refractivity contribution in [2.75, 3.05) is 26.2 Å². The first-order valence-corrected chi connectivity index (χ1v) is 9.93. The Kier molecular flexibility index (Phi) is 6.54. The van der Waals surface area contributed by atoms with E-state index in [1.807, 2.05) is 23.1 Å². The molecule has 2 amide bonds. The van der Waals surface area contributed by atoms with Crippen molar-refractivity contribution in [3.05, 3.63) is 34.9 Å². The monoisotopic (exact) mass is 377 g/mol. The van der Waals surface area contributed by atoms with Gasteiger partial charge in [-0.15, -0.1) is 0 Å². The van der Waals surface area contributed by atoms with Crippen molar-refractivity contribution in [2.24, 2.45) is 0 Å². The van der Waals surface area contributed by atoms with E-state index in [4.69, 9.17) is 11.6 Å². The molecule has 6 heteroatoms. The van der Waals surface area contributed by atoms with E-state index in [-0.39, 0.29) is 17.9 Å². The topological polar surface area (TPSA) is 52.7 Å². The molecule has 5 nitrogen and oxygen atoms in total. The number of rotatable bonds is 5. The molecule has 3 rings (SSSR count). The zero-order chi connectivity index (χ0) is 18.5. The highest BCUT2D eigenvalue weighted by atomic mass is 35.5. The van der Waals surface area contributed by atoms with Gasteiger partial charge in [0.25, 0.3) is 0 Å². The first kappa shape index (κ1) is 19.2. The van der Waals surface area contributed by atoms with Crippen LogP contribution in [0.4, 0.5) is 0 Å². The molecular formula is C20H28ClN3O2. The molecule has 0 bridgehead atoms. The second-order valence-corrected chi connectivity index (χ2v) is 7.82. The van der Waals surface area contributed by atoms with E-state index in [2.05, 4.69) is 16.3 Å². The van der Waals surface area contributed by atoms with E-state index in [0.29, 0.717) is 12.6 Å². The van der Waals surface area contributed by atoms with Gasteiger partial charge < -0.3 is 10.2 Å². The summed E-state index contributed by atoms with van der Waals surface area (Å²) in [5, 5.41) is 3.96. The van der Waals surface area contributed by atoms with Gasteiger partial charge in [0.1, 0.15) is 0 Å². The molecule has 0 unspecified atom stereocenters. The Morgan fingerprint density at radius 2 is 1.88 bits per heavy atom. The Morgan fingerprint density at radius 3 is 2.58 bits per heavy atom. The molecule has 2 saturated heterocycles. The van der Waals surface area contributed by atoms with Crippen molar-refractivity contribution in [1.82, 2.24) is 15.1 Å². The maximum Gasteiger partial charge on any atom is 0.234 e. The van der Waals surface area contributed by atoms with Crippen LogP contribution < -0.4 is 5.32 Å². The molecule has 2 aliphatic heterocycles. The Bertz CT molecular complexity index is 644. The first-order chi connectivity index (χ1) is 12.5. The van der Waals surface area contributed by atoms with Gasteiger partial charge in [-0.05, 0) is 50.3 Å². The van der Waals surface area contributed by atoms with Crippen LogP contribution >= 0.6 is 11.6 Å². The molecule has 0 aromatic heterocycles. The number of carbonyl (C=O) groups excluding carboxylic acids is 2. The van der Waals surface area contributed by atoms with Crippen LogP contribution in [0.2, 0.25) is 5.02 Å². The van der Waals surface area contributed by atoms with Crippen LogP contribution in [0, 0.1) is 0 Å². The van der Waals surface area contributed by atoms with Gasteiger partial charge in [-0.3, -0.25) is 14.5 Å². The maximum atomic E-state index is 12.5. The first-order valence-electron chi connectivity index (χ1n) is 9.55. The minimum absolute atomic E-state index is 0.0948. The molecule has 26 heavy (non-hydrogen) atoms. The fourth-order valence-electron chi connectivity index (χ4n) is 4.05. The highest BCUT2D eigenvalue weighted by Crippen LogP contribution is 2.24. The van der Waals surface area contributed by atoms with Gasteiger partial charge >= 0.3 is 0 Å². The summed E-state index contributed by atoms with van der Waals surface area (Å²) in [6, 6.07) is 8.52. The minimum Gasteiger partial charge on any atom is -0.352 e. The molecule has 0 spiro atoms. The summed E-state index contributed by atoms with van der Waals surface area (Å²) in [6.45, 7) is 4.48. The number of benzene rings is 1. The molecular weight excluding hydrogens is 350 g/mol. The van der Waals surface area contributed by atoms with Crippen molar-refractivity contribution in [2.45, 2.75) is 51.1 Å². The number of amides is 2. The van der Waals surface area contributed by atoms with E-state index in [9.17, 15) is 9.59 Å². The van der Waals surface area contributed by atoms with Gasteiger partial charge in [0, 0.05) is 37.1 Å². The standard InChI is InChI=1S/C20H28ClN3O2/c1-15(25)23-11-8-17(9-12-23)22-20(26)14-24-10-4-6-18(24)13-16-5-2-3-7-19(16)21/h2-3,5,7,17-18H,4,6,8-14H2,1H3,(H,22,26)/t18-/m0/s1. The fraction of sp³-hybridized carbons (Fsp3) is 0.600. The van der Waals surface area contributed by atoms with Crippen LogP contribution in [-0.4, -0.2) is 59.9 Å². The van der Waals surface area contributed by atoms with Crippen LogP contribution in [0.5, 0.6) is 0 Å². The predicted molar refractivity (Wildman–Crippen MR) is 103 cm³/mol. The molecule has 1 aromatic carbocycles. The third kappa shape index (κ3) is 4.98. The van der Waals surface area contributed by atoms with Crippen molar-refractivity contribution in [3.8, 4) is 0 Å². The highest BCUT2D eigenvalue weighted by molar-refractivity contribution is 6.31. The molecule has 1 aromatic rings. The number of carbonyl (C=O) groups is 2. The summed E-state index contributed by atoms with van der Waals surface area (Å²) in [7, 11) is 0. The summed E-state index contributed by atoms with van der Waals surface area (Å²) < 4.78 is 0. The Balaban J connectivity index is 1.47. The lowest BCUT2D eigenvalue weighted by Crippen LogP contribution is -2.49. The summed E-state index contributed by atoms with van der Waals surface area (Å²) in [5.74, 6) is 0.214.